The SMILES string of the molecule is Cc1c([N+](=O)[O-])cc(C(=O)OCC2CC2)cc1S(N)(=O)=O. The second-order valence-corrected chi connectivity index (χ2v) is 6.49. The fourth-order valence-electron chi connectivity index (χ4n) is 1.84. The quantitative estimate of drug-likeness (QED) is 0.492. The molecule has 0 unspecified atom stereocenters. The fraction of sp³-hybridized carbons (Fsp3) is 0.417. The van der Waals surface area contributed by atoms with E-state index < -0.39 is 31.5 Å². The first-order chi connectivity index (χ1) is 9.70. The van der Waals surface area contributed by atoms with E-state index in [4.69, 9.17) is 9.88 Å². The Morgan fingerprint density at radius 1 is 1.48 bits per heavy atom. The number of nitrogens with two attached hydrogens (primary N) is 1. The molecule has 1 aliphatic rings. The number of hydrogen-bond donors (Lipinski definition) is 1. The number of esters is 1. The van der Waals surface area contributed by atoms with E-state index in [0.717, 1.165) is 25.0 Å². The van der Waals surface area contributed by atoms with Gasteiger partial charge in [0.1, 0.15) is 0 Å². The Labute approximate surface area is 121 Å². The maximum Gasteiger partial charge on any atom is 0.338 e. The highest BCUT2D eigenvalue weighted by molar-refractivity contribution is 7.89. The first-order valence-corrected chi connectivity index (χ1v) is 7.73. The van der Waals surface area contributed by atoms with Crippen molar-refractivity contribution in [2.45, 2.75) is 24.7 Å². The molecule has 1 aromatic rings. The van der Waals surface area contributed by atoms with Gasteiger partial charge in [-0.05, 0) is 31.7 Å². The highest BCUT2D eigenvalue weighted by Crippen LogP contribution is 2.30. The van der Waals surface area contributed by atoms with Gasteiger partial charge in [0.2, 0.25) is 10.0 Å². The number of carbonyl (C=O) groups is 1. The third-order valence-corrected chi connectivity index (χ3v) is 4.26. The van der Waals surface area contributed by atoms with E-state index in [2.05, 4.69) is 0 Å². The maximum atomic E-state index is 11.9. The molecule has 0 saturated heterocycles. The lowest BCUT2D eigenvalue weighted by atomic mass is 10.1. The van der Waals surface area contributed by atoms with Crippen molar-refractivity contribution >= 4 is 21.7 Å². The molecule has 0 radical (unpaired) electrons. The summed E-state index contributed by atoms with van der Waals surface area (Å²) in [5.41, 5.74) is -0.793. The molecule has 2 N–H and O–H groups in total. The lowest BCUT2D eigenvalue weighted by Crippen LogP contribution is -2.16. The lowest BCUT2D eigenvalue weighted by Gasteiger charge is -2.08. The molecule has 0 spiro atoms. The third kappa shape index (κ3) is 3.56. The number of benzene rings is 1. The molecule has 1 aromatic carbocycles. The van der Waals surface area contributed by atoms with E-state index in [1.54, 1.807) is 0 Å². The highest BCUT2D eigenvalue weighted by Gasteiger charge is 2.27. The van der Waals surface area contributed by atoms with Crippen LogP contribution in [-0.4, -0.2) is 25.9 Å². The Morgan fingerprint density at radius 3 is 2.57 bits per heavy atom. The normalized spacial score (nSPS) is 14.8. The van der Waals surface area contributed by atoms with Crippen LogP contribution in [0.2, 0.25) is 0 Å². The monoisotopic (exact) mass is 314 g/mol. The minimum Gasteiger partial charge on any atom is -0.462 e. The van der Waals surface area contributed by atoms with E-state index in [1.807, 2.05) is 0 Å². The molecular formula is C12H14N2O6S. The van der Waals surface area contributed by atoms with Gasteiger partial charge in [-0.1, -0.05) is 0 Å². The molecule has 8 nitrogen and oxygen atoms in total. The van der Waals surface area contributed by atoms with E-state index in [0.29, 0.717) is 5.92 Å². The number of primary sulfonamides is 1. The summed E-state index contributed by atoms with van der Waals surface area (Å²) in [5.74, 6) is -0.470. The average Bonchev–Trinajstić information content (AvgIpc) is 3.18. The van der Waals surface area contributed by atoms with Crippen LogP contribution in [0.1, 0.15) is 28.8 Å². The van der Waals surface area contributed by atoms with Crippen LogP contribution < -0.4 is 5.14 Å². The van der Waals surface area contributed by atoms with Gasteiger partial charge in [0, 0.05) is 11.6 Å². The summed E-state index contributed by atoms with van der Waals surface area (Å²) in [6.45, 7) is 1.49. The number of ether oxygens (including phenoxy) is 1. The summed E-state index contributed by atoms with van der Waals surface area (Å²) in [4.78, 5) is 21.6. The van der Waals surface area contributed by atoms with E-state index >= 15 is 0 Å². The maximum absolute atomic E-state index is 11.9. The smallest absolute Gasteiger partial charge is 0.338 e. The molecule has 1 fully saturated rings. The van der Waals surface area contributed by atoms with Crippen molar-refractivity contribution in [1.29, 1.82) is 0 Å². The van der Waals surface area contributed by atoms with Crippen LogP contribution in [0.15, 0.2) is 17.0 Å². The molecule has 2 rings (SSSR count). The van der Waals surface area contributed by atoms with Crippen LogP contribution in [0, 0.1) is 23.0 Å². The van der Waals surface area contributed by atoms with Crippen molar-refractivity contribution in [3.63, 3.8) is 0 Å². The molecule has 1 saturated carbocycles. The second-order valence-electron chi connectivity index (χ2n) is 4.96. The average molecular weight is 314 g/mol. The standard InChI is InChI=1S/C12H14N2O6S/c1-7-10(14(16)17)4-9(5-11(7)21(13,18)19)12(15)20-6-8-2-3-8/h4-5,8H,2-3,6H2,1H3,(H2,13,18,19). The van der Waals surface area contributed by atoms with Crippen molar-refractivity contribution in [1.82, 2.24) is 0 Å². The Balaban J connectivity index is 2.43. The topological polar surface area (TPSA) is 130 Å². The number of hydrogen-bond acceptors (Lipinski definition) is 6. The number of rotatable bonds is 5. The van der Waals surface area contributed by atoms with Gasteiger partial charge < -0.3 is 4.74 Å². The molecule has 0 heterocycles. The minimum atomic E-state index is -4.18. The number of nitro groups is 1. The van der Waals surface area contributed by atoms with Crippen LogP contribution in [0.25, 0.3) is 0 Å². The fourth-order valence-corrected chi connectivity index (χ4v) is 2.66. The predicted molar refractivity (Wildman–Crippen MR) is 72.2 cm³/mol. The van der Waals surface area contributed by atoms with Gasteiger partial charge in [0.15, 0.2) is 0 Å². The molecule has 9 heteroatoms. The Bertz CT molecular complexity index is 709. The Morgan fingerprint density at radius 2 is 2.10 bits per heavy atom. The van der Waals surface area contributed by atoms with Gasteiger partial charge in [0.05, 0.1) is 22.0 Å². The molecule has 0 aliphatic heterocycles. The Kier molecular flexibility index (Phi) is 3.97. The van der Waals surface area contributed by atoms with Crippen molar-refractivity contribution in [2.24, 2.45) is 11.1 Å². The number of sulfonamides is 1. The van der Waals surface area contributed by atoms with E-state index in [9.17, 15) is 23.3 Å². The zero-order valence-corrected chi connectivity index (χ0v) is 12.1. The summed E-state index contributed by atoms with van der Waals surface area (Å²) in [5, 5.41) is 16.0. The van der Waals surface area contributed by atoms with Crippen molar-refractivity contribution in [3.8, 4) is 0 Å². The van der Waals surface area contributed by atoms with Crippen LogP contribution >= 0.6 is 0 Å². The molecular weight excluding hydrogens is 300 g/mol. The lowest BCUT2D eigenvalue weighted by molar-refractivity contribution is -0.385. The van der Waals surface area contributed by atoms with Gasteiger partial charge in [-0.25, -0.2) is 18.4 Å². The molecule has 0 atom stereocenters. The van der Waals surface area contributed by atoms with Gasteiger partial charge >= 0.3 is 5.97 Å². The molecule has 1 aliphatic carbocycles. The van der Waals surface area contributed by atoms with Gasteiger partial charge in [-0.3, -0.25) is 10.1 Å². The van der Waals surface area contributed by atoms with Crippen molar-refractivity contribution in [2.75, 3.05) is 6.61 Å². The molecule has 114 valence electrons. The largest absolute Gasteiger partial charge is 0.462 e. The minimum absolute atomic E-state index is 0.110. The molecule has 0 aromatic heterocycles. The third-order valence-electron chi connectivity index (χ3n) is 3.22. The summed E-state index contributed by atoms with van der Waals surface area (Å²) in [6, 6.07) is 2.01. The number of nitrogens with zero attached hydrogens (tertiary/aromatic N) is 1. The van der Waals surface area contributed by atoms with E-state index in [-0.39, 0.29) is 17.7 Å². The zero-order valence-electron chi connectivity index (χ0n) is 11.2. The van der Waals surface area contributed by atoms with Crippen LogP contribution in [0.3, 0.4) is 0 Å². The van der Waals surface area contributed by atoms with Crippen molar-refractivity contribution < 1.29 is 22.9 Å². The highest BCUT2D eigenvalue weighted by atomic mass is 32.2. The zero-order chi connectivity index (χ0) is 15.8. The number of carbonyl (C=O) groups excluding carboxylic acids is 1. The molecule has 0 bridgehead atoms. The van der Waals surface area contributed by atoms with Crippen LogP contribution in [0.4, 0.5) is 5.69 Å². The van der Waals surface area contributed by atoms with Gasteiger partial charge in [-0.2, -0.15) is 0 Å². The molecule has 0 amide bonds. The summed E-state index contributed by atoms with van der Waals surface area (Å²) >= 11 is 0. The summed E-state index contributed by atoms with van der Waals surface area (Å²) in [6.07, 6.45) is 1.95. The first kappa shape index (κ1) is 15.4. The van der Waals surface area contributed by atoms with Crippen molar-refractivity contribution in [3.05, 3.63) is 33.4 Å². The number of nitro benzene ring substituents is 1. The summed E-state index contributed by atoms with van der Waals surface area (Å²) < 4.78 is 28.0. The molecule has 21 heavy (non-hydrogen) atoms. The van der Waals surface area contributed by atoms with Gasteiger partial charge in [-0.15, -0.1) is 0 Å². The predicted octanol–water partition coefficient (Wildman–Crippen LogP) is 1.12. The second kappa shape index (κ2) is 5.41. The van der Waals surface area contributed by atoms with Crippen LogP contribution in [-0.2, 0) is 14.8 Å². The Hall–Kier alpha value is -2.00. The van der Waals surface area contributed by atoms with E-state index in [1.165, 1.54) is 6.92 Å². The first-order valence-electron chi connectivity index (χ1n) is 6.19. The van der Waals surface area contributed by atoms with Gasteiger partial charge in [0.25, 0.3) is 5.69 Å². The van der Waals surface area contributed by atoms with Crippen LogP contribution in [0.5, 0.6) is 0 Å². The summed E-state index contributed by atoms with van der Waals surface area (Å²) in [7, 11) is -4.18.